The van der Waals surface area contributed by atoms with Crippen molar-refractivity contribution in [1.82, 2.24) is 15.1 Å². The maximum Gasteiger partial charge on any atom is 0.283 e. The van der Waals surface area contributed by atoms with Gasteiger partial charge in [0.25, 0.3) is 11.8 Å². The summed E-state index contributed by atoms with van der Waals surface area (Å²) in [6.07, 6.45) is 0.953. The molecule has 1 atom stereocenters. The van der Waals surface area contributed by atoms with E-state index in [1.165, 1.54) is 0 Å². The van der Waals surface area contributed by atoms with Gasteiger partial charge in [0.2, 0.25) is 5.89 Å². The first-order chi connectivity index (χ1) is 14.3. The molecule has 29 heavy (non-hydrogen) atoms. The van der Waals surface area contributed by atoms with Gasteiger partial charge in [0, 0.05) is 13.1 Å². The lowest BCUT2D eigenvalue weighted by atomic mass is 10.1. The second-order valence-corrected chi connectivity index (χ2v) is 6.87. The Labute approximate surface area is 166 Å². The Balaban J connectivity index is 1.37. The van der Waals surface area contributed by atoms with Crippen molar-refractivity contribution in [2.45, 2.75) is 12.6 Å². The lowest BCUT2D eigenvalue weighted by Gasteiger charge is -2.37. The number of hydrogen-bond acceptors (Lipinski definition) is 8. The van der Waals surface area contributed by atoms with Crippen molar-refractivity contribution in [1.29, 1.82) is 0 Å². The largest absolute Gasteiger partial charge is 0.477 e. The molecule has 0 bridgehead atoms. The number of nitrogens with zero attached hydrogens (tertiary/aromatic N) is 4. The van der Waals surface area contributed by atoms with E-state index in [1.54, 1.807) is 23.3 Å². The van der Waals surface area contributed by atoms with Crippen LogP contribution < -0.4 is 9.64 Å². The number of carbonyl (C=O) groups excluding carboxylic acids is 1. The molecule has 2 aromatic heterocycles. The van der Waals surface area contributed by atoms with Crippen LogP contribution in [0.5, 0.6) is 5.75 Å². The van der Waals surface area contributed by atoms with Gasteiger partial charge in [-0.2, -0.15) is 0 Å². The highest BCUT2D eigenvalue weighted by molar-refractivity contribution is 5.83. The maximum absolute atomic E-state index is 13.0. The van der Waals surface area contributed by atoms with Crippen LogP contribution in [0.15, 0.2) is 51.5 Å². The van der Waals surface area contributed by atoms with Gasteiger partial charge in [-0.05, 0) is 24.3 Å². The second kappa shape index (κ2) is 7.59. The number of aromatic nitrogens is 2. The first-order valence-electron chi connectivity index (χ1n) is 9.51. The molecule has 0 radical (unpaired) electrons. The molecule has 0 saturated carbocycles. The van der Waals surface area contributed by atoms with Crippen molar-refractivity contribution in [2.75, 3.05) is 37.7 Å². The summed E-state index contributed by atoms with van der Waals surface area (Å²) >= 11 is 0. The average molecular weight is 396 g/mol. The summed E-state index contributed by atoms with van der Waals surface area (Å²) in [7, 11) is 0. The molecule has 9 nitrogen and oxygen atoms in total. The summed E-state index contributed by atoms with van der Waals surface area (Å²) in [4.78, 5) is 16.8. The Hall–Kier alpha value is -3.33. The standard InChI is InChI=1S/C20H20N4O5/c25-20(23-7-10-26-11-8-23)17-12-24(14-4-1-2-5-15(14)28-17)13-18-21-22-19(29-18)16-6-3-9-27-16/h1-6,9,17H,7-8,10-13H2. The third-order valence-corrected chi connectivity index (χ3v) is 4.98. The molecule has 3 aromatic rings. The number of amides is 1. The van der Waals surface area contributed by atoms with E-state index in [0.29, 0.717) is 62.7 Å². The van der Waals surface area contributed by atoms with Crippen molar-refractivity contribution in [3.63, 3.8) is 0 Å². The minimum atomic E-state index is -0.601. The van der Waals surface area contributed by atoms with Gasteiger partial charge in [-0.15, -0.1) is 10.2 Å². The van der Waals surface area contributed by atoms with Crippen molar-refractivity contribution >= 4 is 11.6 Å². The number of ether oxygens (including phenoxy) is 2. The molecule has 9 heteroatoms. The number of morpholine rings is 1. The normalized spacial score (nSPS) is 19.0. The zero-order valence-corrected chi connectivity index (χ0v) is 15.7. The van der Waals surface area contributed by atoms with Crippen molar-refractivity contribution in [3.05, 3.63) is 48.6 Å². The summed E-state index contributed by atoms with van der Waals surface area (Å²) in [6, 6.07) is 11.2. The topological polar surface area (TPSA) is 94.1 Å². The average Bonchev–Trinajstić information content (AvgIpc) is 3.46. The molecule has 1 aromatic carbocycles. The van der Waals surface area contributed by atoms with Gasteiger partial charge >= 0.3 is 0 Å². The summed E-state index contributed by atoms with van der Waals surface area (Å²) in [5, 5.41) is 8.18. The van der Waals surface area contributed by atoms with E-state index in [-0.39, 0.29) is 5.91 Å². The molecule has 1 saturated heterocycles. The van der Waals surface area contributed by atoms with Gasteiger partial charge < -0.3 is 28.1 Å². The minimum absolute atomic E-state index is 0.0328. The van der Waals surface area contributed by atoms with Gasteiger partial charge in [-0.25, -0.2) is 0 Å². The third kappa shape index (κ3) is 3.56. The van der Waals surface area contributed by atoms with E-state index in [2.05, 4.69) is 10.2 Å². The van der Waals surface area contributed by atoms with E-state index < -0.39 is 6.10 Å². The Morgan fingerprint density at radius 1 is 1.10 bits per heavy atom. The monoisotopic (exact) mass is 396 g/mol. The van der Waals surface area contributed by atoms with E-state index >= 15 is 0 Å². The predicted octanol–water partition coefficient (Wildman–Crippen LogP) is 1.96. The van der Waals surface area contributed by atoms with Crippen LogP contribution in [-0.2, 0) is 16.1 Å². The SMILES string of the molecule is O=C(C1CN(Cc2nnc(-c3ccco3)o2)c2ccccc2O1)N1CCOCC1. The Morgan fingerprint density at radius 2 is 1.97 bits per heavy atom. The van der Waals surface area contributed by atoms with Crippen LogP contribution in [-0.4, -0.2) is 60.0 Å². The van der Waals surface area contributed by atoms with Crippen LogP contribution in [0.3, 0.4) is 0 Å². The Bertz CT molecular complexity index is 980. The molecule has 1 unspecified atom stereocenters. The molecule has 0 aliphatic carbocycles. The fraction of sp³-hybridized carbons (Fsp3) is 0.350. The van der Waals surface area contributed by atoms with E-state index in [9.17, 15) is 4.79 Å². The number of rotatable bonds is 4. The van der Waals surface area contributed by atoms with Gasteiger partial charge in [0.15, 0.2) is 11.9 Å². The zero-order valence-electron chi connectivity index (χ0n) is 15.7. The fourth-order valence-corrected chi connectivity index (χ4v) is 3.55. The third-order valence-electron chi connectivity index (χ3n) is 4.98. The van der Waals surface area contributed by atoms with Crippen LogP contribution in [0.25, 0.3) is 11.7 Å². The lowest BCUT2D eigenvalue weighted by Crippen LogP contribution is -2.52. The zero-order chi connectivity index (χ0) is 19.6. The first kappa shape index (κ1) is 17.7. The van der Waals surface area contributed by atoms with Crippen LogP contribution in [0, 0.1) is 0 Å². The molecule has 1 amide bonds. The lowest BCUT2D eigenvalue weighted by molar-refractivity contribution is -0.142. The highest BCUT2D eigenvalue weighted by atomic mass is 16.5. The molecule has 0 spiro atoms. The van der Waals surface area contributed by atoms with Crippen molar-refractivity contribution in [3.8, 4) is 17.4 Å². The Kier molecular flexibility index (Phi) is 4.65. The van der Waals surface area contributed by atoms with Gasteiger partial charge in [0.05, 0.1) is 38.3 Å². The van der Waals surface area contributed by atoms with Gasteiger partial charge in [-0.1, -0.05) is 12.1 Å². The number of hydrogen-bond donors (Lipinski definition) is 0. The minimum Gasteiger partial charge on any atom is -0.477 e. The van der Waals surface area contributed by atoms with Crippen LogP contribution in [0.1, 0.15) is 5.89 Å². The molecular formula is C20H20N4O5. The van der Waals surface area contributed by atoms with E-state index in [0.717, 1.165) is 5.69 Å². The summed E-state index contributed by atoms with van der Waals surface area (Å²) in [5.74, 6) is 1.91. The molecule has 1 fully saturated rings. The maximum atomic E-state index is 13.0. The Morgan fingerprint density at radius 3 is 2.79 bits per heavy atom. The number of furan rings is 1. The molecule has 5 rings (SSSR count). The number of carbonyl (C=O) groups is 1. The van der Waals surface area contributed by atoms with Gasteiger partial charge in [0.1, 0.15) is 5.75 Å². The quantitative estimate of drug-likeness (QED) is 0.661. The number of anilines is 1. The summed E-state index contributed by atoms with van der Waals surface area (Å²) in [6.45, 7) is 3.02. The summed E-state index contributed by atoms with van der Waals surface area (Å²) in [5.41, 5.74) is 0.885. The van der Waals surface area contributed by atoms with Crippen LogP contribution in [0.2, 0.25) is 0 Å². The van der Waals surface area contributed by atoms with E-state index in [1.807, 2.05) is 29.2 Å². The molecular weight excluding hydrogens is 376 g/mol. The van der Waals surface area contributed by atoms with E-state index in [4.69, 9.17) is 18.3 Å². The molecule has 0 N–H and O–H groups in total. The predicted molar refractivity (Wildman–Crippen MR) is 101 cm³/mol. The number of fused-ring (bicyclic) bond motifs is 1. The van der Waals surface area contributed by atoms with Gasteiger partial charge in [-0.3, -0.25) is 4.79 Å². The fourth-order valence-electron chi connectivity index (χ4n) is 3.55. The van der Waals surface area contributed by atoms with Crippen LogP contribution >= 0.6 is 0 Å². The highest BCUT2D eigenvalue weighted by Gasteiger charge is 2.34. The second-order valence-electron chi connectivity index (χ2n) is 6.87. The first-order valence-corrected chi connectivity index (χ1v) is 9.51. The molecule has 2 aliphatic rings. The molecule has 150 valence electrons. The van der Waals surface area contributed by atoms with Crippen LogP contribution in [0.4, 0.5) is 5.69 Å². The molecule has 4 heterocycles. The number of para-hydroxylation sites is 2. The number of benzene rings is 1. The summed E-state index contributed by atoms with van der Waals surface area (Å²) < 4.78 is 22.4. The van der Waals surface area contributed by atoms with Crippen molar-refractivity contribution in [2.24, 2.45) is 0 Å². The molecule has 2 aliphatic heterocycles. The highest BCUT2D eigenvalue weighted by Crippen LogP contribution is 2.34. The smallest absolute Gasteiger partial charge is 0.283 e. The van der Waals surface area contributed by atoms with Crippen molar-refractivity contribution < 1.29 is 23.1 Å².